The van der Waals surface area contributed by atoms with Gasteiger partial charge in [0.05, 0.1) is 24.2 Å². The Morgan fingerprint density at radius 3 is 3.11 bits per heavy atom. The minimum Gasteiger partial charge on any atom is -0.394 e. The van der Waals surface area contributed by atoms with E-state index in [9.17, 15) is 5.11 Å². The van der Waals surface area contributed by atoms with Gasteiger partial charge in [0.1, 0.15) is 5.82 Å². The Balaban J connectivity index is 2.16. The molecule has 6 nitrogen and oxygen atoms in total. The van der Waals surface area contributed by atoms with Gasteiger partial charge in [-0.2, -0.15) is 15.1 Å². The molecular weight excluding hydrogens is 254 g/mol. The summed E-state index contributed by atoms with van der Waals surface area (Å²) in [6.07, 6.45) is 3.77. The molecule has 0 aromatic carbocycles. The third-order valence-electron chi connectivity index (χ3n) is 3.40. The molecule has 1 atom stereocenters. The summed E-state index contributed by atoms with van der Waals surface area (Å²) in [7, 11) is 1.82. The van der Waals surface area contributed by atoms with Gasteiger partial charge in [0, 0.05) is 13.6 Å². The summed E-state index contributed by atoms with van der Waals surface area (Å²) in [6, 6.07) is 0.111. The molecule has 18 heavy (non-hydrogen) atoms. The van der Waals surface area contributed by atoms with Gasteiger partial charge in [0.15, 0.2) is 5.65 Å². The molecular formula is C11H14ClN5O. The summed E-state index contributed by atoms with van der Waals surface area (Å²) in [6.45, 7) is 1.01. The van der Waals surface area contributed by atoms with Gasteiger partial charge >= 0.3 is 0 Å². The lowest BCUT2D eigenvalue weighted by Crippen LogP contribution is -2.33. The highest BCUT2D eigenvalue weighted by Crippen LogP contribution is 2.30. The van der Waals surface area contributed by atoms with Crippen LogP contribution in [-0.2, 0) is 7.05 Å². The summed E-state index contributed by atoms with van der Waals surface area (Å²) >= 11 is 5.97. The molecule has 1 saturated heterocycles. The quantitative estimate of drug-likeness (QED) is 0.822. The van der Waals surface area contributed by atoms with Crippen LogP contribution in [0.4, 0.5) is 5.82 Å². The zero-order valence-electron chi connectivity index (χ0n) is 10.0. The predicted molar refractivity (Wildman–Crippen MR) is 68.8 cm³/mol. The Labute approximate surface area is 109 Å². The van der Waals surface area contributed by atoms with Crippen LogP contribution in [0.5, 0.6) is 0 Å². The number of anilines is 1. The van der Waals surface area contributed by atoms with Crippen molar-refractivity contribution < 1.29 is 5.11 Å². The van der Waals surface area contributed by atoms with Gasteiger partial charge in [-0.1, -0.05) is 0 Å². The fraction of sp³-hybridized carbons (Fsp3) is 0.545. The summed E-state index contributed by atoms with van der Waals surface area (Å²) in [5.41, 5.74) is 0.716. The number of fused-ring (bicyclic) bond motifs is 1. The van der Waals surface area contributed by atoms with Crippen molar-refractivity contribution >= 4 is 28.5 Å². The van der Waals surface area contributed by atoms with Crippen molar-refractivity contribution in [3.63, 3.8) is 0 Å². The molecule has 0 unspecified atom stereocenters. The van der Waals surface area contributed by atoms with Crippen molar-refractivity contribution in [2.75, 3.05) is 18.1 Å². The highest BCUT2D eigenvalue weighted by molar-refractivity contribution is 6.28. The van der Waals surface area contributed by atoms with Gasteiger partial charge in [0.25, 0.3) is 0 Å². The molecule has 1 N–H and O–H groups in total. The summed E-state index contributed by atoms with van der Waals surface area (Å²) < 4.78 is 1.68. The van der Waals surface area contributed by atoms with Crippen molar-refractivity contribution in [1.29, 1.82) is 0 Å². The van der Waals surface area contributed by atoms with Gasteiger partial charge in [0.2, 0.25) is 5.28 Å². The number of rotatable bonds is 2. The second kappa shape index (κ2) is 4.37. The van der Waals surface area contributed by atoms with Crippen LogP contribution in [-0.4, -0.2) is 44.0 Å². The van der Waals surface area contributed by atoms with Crippen LogP contribution in [0.3, 0.4) is 0 Å². The molecule has 3 heterocycles. The topological polar surface area (TPSA) is 67.1 Å². The van der Waals surface area contributed by atoms with Crippen molar-refractivity contribution in [2.45, 2.75) is 18.9 Å². The van der Waals surface area contributed by atoms with Crippen molar-refractivity contribution in [3.8, 4) is 0 Å². The fourth-order valence-corrected chi connectivity index (χ4v) is 2.66. The van der Waals surface area contributed by atoms with E-state index in [1.54, 1.807) is 10.9 Å². The maximum Gasteiger partial charge on any atom is 0.226 e. The summed E-state index contributed by atoms with van der Waals surface area (Å²) in [5.74, 6) is 0.773. The first-order chi connectivity index (χ1) is 8.70. The van der Waals surface area contributed by atoms with E-state index in [1.807, 2.05) is 7.05 Å². The lowest BCUT2D eigenvalue weighted by molar-refractivity contribution is 0.266. The lowest BCUT2D eigenvalue weighted by atomic mass is 10.2. The molecule has 0 spiro atoms. The number of hydrogen-bond acceptors (Lipinski definition) is 5. The molecule has 0 aliphatic carbocycles. The van der Waals surface area contributed by atoms with Crippen LogP contribution in [0.15, 0.2) is 6.20 Å². The Morgan fingerprint density at radius 2 is 2.33 bits per heavy atom. The SMILES string of the molecule is Cn1ncc2c(N3CCC[C@H]3CO)nc(Cl)nc21. The first-order valence-electron chi connectivity index (χ1n) is 5.93. The van der Waals surface area contributed by atoms with Crippen LogP contribution in [0.2, 0.25) is 5.28 Å². The fourth-order valence-electron chi connectivity index (χ4n) is 2.50. The zero-order chi connectivity index (χ0) is 12.7. The number of aromatic nitrogens is 4. The number of hydrogen-bond donors (Lipinski definition) is 1. The number of halogens is 1. The third kappa shape index (κ3) is 1.72. The Morgan fingerprint density at radius 1 is 1.50 bits per heavy atom. The average molecular weight is 268 g/mol. The predicted octanol–water partition coefficient (Wildman–Crippen LogP) is 0.978. The maximum absolute atomic E-state index is 9.41. The van der Waals surface area contributed by atoms with E-state index in [4.69, 9.17) is 11.6 Å². The molecule has 7 heteroatoms. The molecule has 0 saturated carbocycles. The number of aryl methyl sites for hydroxylation is 1. The van der Waals surface area contributed by atoms with Gasteiger partial charge in [-0.15, -0.1) is 0 Å². The number of aliphatic hydroxyl groups is 1. The van der Waals surface area contributed by atoms with Crippen LogP contribution < -0.4 is 4.90 Å². The van der Waals surface area contributed by atoms with Crippen molar-refractivity contribution in [2.24, 2.45) is 7.05 Å². The van der Waals surface area contributed by atoms with Gasteiger partial charge < -0.3 is 10.0 Å². The van der Waals surface area contributed by atoms with Crippen LogP contribution in [0, 0.1) is 0 Å². The summed E-state index contributed by atoms with van der Waals surface area (Å²) in [5, 5.41) is 14.7. The van der Waals surface area contributed by atoms with E-state index in [0.29, 0.717) is 5.65 Å². The average Bonchev–Trinajstić information content (AvgIpc) is 2.96. The first-order valence-corrected chi connectivity index (χ1v) is 6.31. The molecule has 1 aliphatic rings. The van der Waals surface area contributed by atoms with Gasteiger partial charge in [-0.05, 0) is 24.4 Å². The number of aliphatic hydroxyl groups excluding tert-OH is 1. The first kappa shape index (κ1) is 11.7. The molecule has 1 fully saturated rings. The maximum atomic E-state index is 9.41. The minimum atomic E-state index is 0.111. The normalized spacial score (nSPS) is 19.9. The monoisotopic (exact) mass is 267 g/mol. The van der Waals surface area contributed by atoms with Gasteiger partial charge in [-0.3, -0.25) is 4.68 Å². The molecule has 1 aliphatic heterocycles. The zero-order valence-corrected chi connectivity index (χ0v) is 10.8. The van der Waals surface area contributed by atoms with Crippen LogP contribution in [0.25, 0.3) is 11.0 Å². The van der Waals surface area contributed by atoms with Crippen LogP contribution in [0.1, 0.15) is 12.8 Å². The highest BCUT2D eigenvalue weighted by atomic mass is 35.5. The molecule has 0 amide bonds. The second-order valence-corrected chi connectivity index (χ2v) is 4.83. The van der Waals surface area contributed by atoms with E-state index < -0.39 is 0 Å². The molecule has 3 rings (SSSR count). The third-order valence-corrected chi connectivity index (χ3v) is 3.57. The summed E-state index contributed by atoms with van der Waals surface area (Å²) in [4.78, 5) is 10.6. The molecule has 0 bridgehead atoms. The van der Waals surface area contributed by atoms with E-state index in [-0.39, 0.29) is 17.9 Å². The van der Waals surface area contributed by atoms with E-state index >= 15 is 0 Å². The standard InChI is InChI=1S/C11H14ClN5O/c1-16-9-8(5-13-16)10(15-11(12)14-9)17-4-2-3-7(17)6-18/h5,7,18H,2-4,6H2,1H3/t7-/m0/s1. The molecule has 96 valence electrons. The molecule has 2 aromatic rings. The van der Waals surface area contributed by atoms with E-state index in [1.165, 1.54) is 0 Å². The van der Waals surface area contributed by atoms with Crippen molar-refractivity contribution in [1.82, 2.24) is 19.7 Å². The van der Waals surface area contributed by atoms with Crippen molar-refractivity contribution in [3.05, 3.63) is 11.5 Å². The number of nitrogens with zero attached hydrogens (tertiary/aromatic N) is 5. The largest absolute Gasteiger partial charge is 0.394 e. The smallest absolute Gasteiger partial charge is 0.226 e. The Bertz CT molecular complexity index is 584. The minimum absolute atomic E-state index is 0.111. The molecule has 0 radical (unpaired) electrons. The van der Waals surface area contributed by atoms with Crippen LogP contribution >= 0.6 is 11.6 Å². The molecule has 2 aromatic heterocycles. The lowest BCUT2D eigenvalue weighted by Gasteiger charge is -2.24. The second-order valence-electron chi connectivity index (χ2n) is 4.49. The Hall–Kier alpha value is -1.40. The Kier molecular flexibility index (Phi) is 2.83. The van der Waals surface area contributed by atoms with E-state index in [2.05, 4.69) is 20.0 Å². The highest BCUT2D eigenvalue weighted by Gasteiger charge is 2.27. The van der Waals surface area contributed by atoms with Gasteiger partial charge in [-0.25, -0.2) is 0 Å². The van der Waals surface area contributed by atoms with E-state index in [0.717, 1.165) is 30.6 Å².